The average molecular weight is 532 g/mol. The van der Waals surface area contributed by atoms with E-state index in [0.29, 0.717) is 11.3 Å². The number of carbonyl (C=O) groups excluding carboxylic acids is 4. The van der Waals surface area contributed by atoms with Crippen molar-refractivity contribution in [1.82, 2.24) is 0 Å². The van der Waals surface area contributed by atoms with E-state index in [1.165, 1.54) is 6.07 Å². The summed E-state index contributed by atoms with van der Waals surface area (Å²) in [6.45, 7) is 3.55. The maximum absolute atomic E-state index is 13.8. The minimum atomic E-state index is -2.86. The van der Waals surface area contributed by atoms with Gasteiger partial charge in [-0.25, -0.2) is 0 Å². The summed E-state index contributed by atoms with van der Waals surface area (Å²) in [4.78, 5) is 51.6. The van der Waals surface area contributed by atoms with Crippen LogP contribution in [0.15, 0.2) is 40.9 Å². The zero-order valence-corrected chi connectivity index (χ0v) is 21.2. The number of primary amides is 1. The molecule has 3 aliphatic rings. The van der Waals surface area contributed by atoms with Gasteiger partial charge in [-0.15, -0.1) is 0 Å². The quantitative estimate of drug-likeness (QED) is 0.198. The van der Waals surface area contributed by atoms with Crippen molar-refractivity contribution in [3.63, 3.8) is 0 Å². The summed E-state index contributed by atoms with van der Waals surface area (Å²) in [5.74, 6) is -8.03. The molecule has 6 N–H and O–H groups in total. The van der Waals surface area contributed by atoms with Crippen LogP contribution in [0, 0.1) is 11.8 Å². The molecular weight excluding hydrogens is 502 g/mol. The fourth-order valence-corrected chi connectivity index (χ4v) is 6.78. The Kier molecular flexibility index (Phi) is 7.13. The molecule has 0 spiro atoms. The van der Waals surface area contributed by atoms with Crippen LogP contribution >= 0.6 is 11.8 Å². The molecule has 1 aromatic carbocycles. The van der Waals surface area contributed by atoms with Crippen molar-refractivity contribution in [3.05, 3.63) is 52.0 Å². The first-order valence-electron chi connectivity index (χ1n) is 12.1. The molecule has 3 aliphatic carbocycles. The number of carbonyl (C=O) groups is 4. The molecule has 198 valence electrons. The summed E-state index contributed by atoms with van der Waals surface area (Å²) in [5, 5.41) is 44.2. The number of nitrogens with two attached hydrogens (primary N) is 1. The number of phenols is 1. The maximum atomic E-state index is 13.8. The fourth-order valence-electron chi connectivity index (χ4n) is 5.69. The number of allylic oxidation sites excluding steroid dienone is 1. The third-order valence-corrected chi connectivity index (χ3v) is 8.63. The molecule has 5 atom stereocenters. The monoisotopic (exact) mass is 531 g/mol. The number of phenolic OH excluding ortho intramolecular Hbond substituents is 1. The van der Waals surface area contributed by atoms with Crippen LogP contribution in [0.25, 0.3) is 0 Å². The van der Waals surface area contributed by atoms with Crippen LogP contribution in [-0.2, 0) is 19.1 Å². The molecule has 37 heavy (non-hydrogen) atoms. The van der Waals surface area contributed by atoms with Crippen LogP contribution in [0.2, 0.25) is 0 Å². The topological polar surface area (TPSA) is 184 Å². The normalized spacial score (nSPS) is 28.9. The summed E-state index contributed by atoms with van der Waals surface area (Å²) in [6, 6.07) is 4.57. The van der Waals surface area contributed by atoms with Gasteiger partial charge in [-0.2, -0.15) is 11.8 Å². The highest BCUT2D eigenvalue weighted by molar-refractivity contribution is 7.99. The van der Waals surface area contributed by atoms with Crippen molar-refractivity contribution >= 4 is 35.2 Å². The van der Waals surface area contributed by atoms with Gasteiger partial charge >= 0.3 is 5.97 Å². The smallest absolute Gasteiger partial charge is 0.305 e. The van der Waals surface area contributed by atoms with Crippen molar-refractivity contribution in [2.75, 3.05) is 11.5 Å². The number of ether oxygens (including phenoxy) is 1. The Morgan fingerprint density at radius 3 is 2.51 bits per heavy atom. The minimum Gasteiger partial charge on any atom is -0.511 e. The Morgan fingerprint density at radius 1 is 1.19 bits per heavy atom. The average Bonchev–Trinajstić information content (AvgIpc) is 2.84. The van der Waals surface area contributed by atoms with Crippen molar-refractivity contribution < 1.29 is 44.3 Å². The standard InChI is InChI=1S/C26H29NO9S/c1-3-8-37-10-12-11-6-5-7-14(28)17(11)21(31)20-18(12)22(36-16(30)4-2)13-9-15(29)19(25(27)34)23(32)26(13,35)24(20)33/h5-7,12-13,18,22,28-29,33,35H,3-4,8-10H2,1-2H3,(H2,27,34)/t12-,13+,18+,22+,26+/m0/s1. The van der Waals surface area contributed by atoms with E-state index >= 15 is 0 Å². The SMILES string of the molecule is CCCSC[C@H]1c2cccc(O)c2C(=O)C2=C(O)[C@]3(O)C(=O)C(C(N)=O)=C(O)C[C@@H]3[C@@H](OC(=O)CC)[C@@H]21. The van der Waals surface area contributed by atoms with Crippen molar-refractivity contribution in [2.24, 2.45) is 17.6 Å². The Hall–Kier alpha value is -3.31. The Bertz CT molecular complexity index is 1250. The van der Waals surface area contributed by atoms with Gasteiger partial charge in [0, 0.05) is 41.9 Å². The van der Waals surface area contributed by atoms with E-state index in [1.807, 2.05) is 6.92 Å². The number of aliphatic hydroxyl groups excluding tert-OH is 2. The second kappa shape index (κ2) is 9.86. The largest absolute Gasteiger partial charge is 0.511 e. The Morgan fingerprint density at radius 2 is 1.89 bits per heavy atom. The molecule has 0 bridgehead atoms. The third-order valence-electron chi connectivity index (χ3n) is 7.34. The first-order chi connectivity index (χ1) is 17.5. The molecule has 0 aromatic heterocycles. The Labute approximate surface area is 217 Å². The lowest BCUT2D eigenvalue weighted by atomic mass is 9.56. The summed E-state index contributed by atoms with van der Waals surface area (Å²) >= 11 is 1.56. The van der Waals surface area contributed by atoms with E-state index in [-0.39, 0.29) is 23.3 Å². The number of esters is 1. The summed E-state index contributed by atoms with van der Waals surface area (Å²) in [5.41, 5.74) is 1.54. The first-order valence-corrected chi connectivity index (χ1v) is 13.2. The van der Waals surface area contributed by atoms with E-state index in [0.717, 1.165) is 12.2 Å². The number of Topliss-reactive ketones (excluding diaryl/α,β-unsaturated/α-hetero) is 2. The van der Waals surface area contributed by atoms with Gasteiger partial charge in [-0.1, -0.05) is 26.0 Å². The summed E-state index contributed by atoms with van der Waals surface area (Å²) in [6.07, 6.45) is -1.02. The molecule has 1 amide bonds. The molecular formula is C26H29NO9S. The minimum absolute atomic E-state index is 0.0533. The van der Waals surface area contributed by atoms with Crippen LogP contribution in [0.4, 0.5) is 0 Å². The molecule has 0 saturated carbocycles. The van der Waals surface area contributed by atoms with Crippen LogP contribution in [0.5, 0.6) is 5.75 Å². The molecule has 11 heteroatoms. The van der Waals surface area contributed by atoms with Crippen molar-refractivity contribution in [2.45, 2.75) is 50.7 Å². The maximum Gasteiger partial charge on any atom is 0.305 e. The van der Waals surface area contributed by atoms with Gasteiger partial charge in [-0.05, 0) is 23.8 Å². The van der Waals surface area contributed by atoms with Gasteiger partial charge in [-0.3, -0.25) is 19.2 Å². The van der Waals surface area contributed by atoms with Gasteiger partial charge < -0.3 is 30.9 Å². The number of benzene rings is 1. The highest BCUT2D eigenvalue weighted by Crippen LogP contribution is 2.56. The Balaban J connectivity index is 2.02. The number of hydrogen-bond donors (Lipinski definition) is 5. The second-order valence-corrected chi connectivity index (χ2v) is 10.6. The van der Waals surface area contributed by atoms with E-state index in [4.69, 9.17) is 10.5 Å². The summed E-state index contributed by atoms with van der Waals surface area (Å²) < 4.78 is 5.75. The van der Waals surface area contributed by atoms with Crippen LogP contribution < -0.4 is 5.73 Å². The van der Waals surface area contributed by atoms with Gasteiger partial charge in [0.25, 0.3) is 5.91 Å². The number of ketones is 2. The van der Waals surface area contributed by atoms with E-state index < -0.39 is 76.4 Å². The lowest BCUT2D eigenvalue weighted by molar-refractivity contribution is -0.174. The lowest BCUT2D eigenvalue weighted by Crippen LogP contribution is -2.63. The van der Waals surface area contributed by atoms with Gasteiger partial charge in [0.2, 0.25) is 5.78 Å². The third kappa shape index (κ3) is 4.00. The van der Waals surface area contributed by atoms with Crippen molar-refractivity contribution in [1.29, 1.82) is 0 Å². The van der Waals surface area contributed by atoms with E-state index in [2.05, 4.69) is 0 Å². The van der Waals surface area contributed by atoms with Gasteiger partial charge in [0.15, 0.2) is 11.4 Å². The zero-order chi connectivity index (χ0) is 27.2. The first kappa shape index (κ1) is 26.7. The predicted molar refractivity (Wildman–Crippen MR) is 133 cm³/mol. The molecule has 1 aromatic rings. The number of aromatic hydroxyl groups is 1. The highest BCUT2D eigenvalue weighted by Gasteiger charge is 2.65. The number of aliphatic hydroxyl groups is 3. The highest BCUT2D eigenvalue weighted by atomic mass is 32.2. The molecule has 0 heterocycles. The van der Waals surface area contributed by atoms with E-state index in [1.54, 1.807) is 30.8 Å². The van der Waals surface area contributed by atoms with Crippen LogP contribution in [-0.4, -0.2) is 67.1 Å². The number of fused-ring (bicyclic) bond motifs is 3. The zero-order valence-electron chi connectivity index (χ0n) is 20.4. The molecule has 4 rings (SSSR count). The number of hydrogen-bond acceptors (Lipinski definition) is 10. The second-order valence-electron chi connectivity index (χ2n) is 9.44. The van der Waals surface area contributed by atoms with Gasteiger partial charge in [0.1, 0.15) is 28.9 Å². The van der Waals surface area contributed by atoms with E-state index in [9.17, 15) is 39.6 Å². The lowest BCUT2D eigenvalue weighted by Gasteiger charge is -2.51. The van der Waals surface area contributed by atoms with Crippen molar-refractivity contribution in [3.8, 4) is 5.75 Å². The number of amides is 1. The van der Waals surface area contributed by atoms with Crippen LogP contribution in [0.3, 0.4) is 0 Å². The van der Waals surface area contributed by atoms with Crippen LogP contribution in [0.1, 0.15) is 54.9 Å². The number of rotatable bonds is 7. The molecule has 0 aliphatic heterocycles. The van der Waals surface area contributed by atoms with Gasteiger partial charge in [0.05, 0.1) is 5.56 Å². The molecule has 0 radical (unpaired) electrons. The predicted octanol–water partition coefficient (Wildman–Crippen LogP) is 2.20. The number of thioether (sulfide) groups is 1. The molecule has 0 saturated heterocycles. The molecule has 0 fully saturated rings. The summed E-state index contributed by atoms with van der Waals surface area (Å²) in [7, 11) is 0. The molecule has 0 unspecified atom stereocenters. The molecule has 10 nitrogen and oxygen atoms in total. The fraction of sp³-hybridized carbons (Fsp3) is 0.462.